The average molecular weight is 426 g/mol. The summed E-state index contributed by atoms with van der Waals surface area (Å²) in [6.45, 7) is 4.67. The Labute approximate surface area is 178 Å². The van der Waals surface area contributed by atoms with Gasteiger partial charge in [0.05, 0.1) is 11.8 Å². The predicted octanol–water partition coefficient (Wildman–Crippen LogP) is 3.88. The van der Waals surface area contributed by atoms with E-state index in [4.69, 9.17) is 4.42 Å². The van der Waals surface area contributed by atoms with E-state index in [2.05, 4.69) is 29.8 Å². The van der Waals surface area contributed by atoms with Crippen molar-refractivity contribution in [2.45, 2.75) is 19.8 Å². The van der Waals surface area contributed by atoms with Crippen molar-refractivity contribution in [3.8, 4) is 0 Å². The molecule has 2 heterocycles. The van der Waals surface area contributed by atoms with Crippen LogP contribution in [0.25, 0.3) is 0 Å². The van der Waals surface area contributed by atoms with E-state index < -0.39 is 0 Å². The third-order valence-corrected chi connectivity index (χ3v) is 5.25. The zero-order valence-corrected chi connectivity index (χ0v) is 17.5. The Morgan fingerprint density at radius 3 is 2.27 bits per heavy atom. The highest BCUT2D eigenvalue weighted by atomic mass is 32.1. The molecule has 3 aromatic rings. The molecular formula is C22H23N3O4S. The lowest BCUT2D eigenvalue weighted by atomic mass is 10.0. The summed E-state index contributed by atoms with van der Waals surface area (Å²) in [7, 11) is 0. The van der Waals surface area contributed by atoms with Gasteiger partial charge in [0.2, 0.25) is 0 Å². The van der Waals surface area contributed by atoms with Crippen LogP contribution in [0.3, 0.4) is 0 Å². The van der Waals surface area contributed by atoms with Crippen molar-refractivity contribution in [2.75, 3.05) is 18.4 Å². The SMILES string of the molecule is CC(C)c1ccc(C(=O)Nc2sccc2C(=O)NCCNC(=O)c2ccco2)cc1. The van der Waals surface area contributed by atoms with Crippen LogP contribution in [0.1, 0.15) is 56.6 Å². The largest absolute Gasteiger partial charge is 0.459 e. The van der Waals surface area contributed by atoms with Crippen molar-refractivity contribution in [3.05, 3.63) is 76.6 Å². The summed E-state index contributed by atoms with van der Waals surface area (Å²) >= 11 is 1.28. The van der Waals surface area contributed by atoms with Gasteiger partial charge < -0.3 is 20.4 Å². The summed E-state index contributed by atoms with van der Waals surface area (Å²) in [4.78, 5) is 36.8. The van der Waals surface area contributed by atoms with Crippen LogP contribution >= 0.6 is 11.3 Å². The number of thiophene rings is 1. The number of benzene rings is 1. The highest BCUT2D eigenvalue weighted by Gasteiger charge is 2.16. The minimum atomic E-state index is -0.346. The molecule has 0 bridgehead atoms. The Kier molecular flexibility index (Phi) is 7.03. The molecule has 0 aliphatic carbocycles. The molecular weight excluding hydrogens is 402 g/mol. The van der Waals surface area contributed by atoms with E-state index in [-0.39, 0.29) is 36.6 Å². The number of amides is 3. The first-order valence-corrected chi connectivity index (χ1v) is 10.4. The third kappa shape index (κ3) is 5.36. The molecule has 0 saturated carbocycles. The number of hydrogen-bond acceptors (Lipinski definition) is 5. The fraction of sp³-hybridized carbons (Fsp3) is 0.227. The van der Waals surface area contributed by atoms with Crippen LogP contribution in [0.15, 0.2) is 58.5 Å². The van der Waals surface area contributed by atoms with E-state index in [1.807, 2.05) is 12.1 Å². The van der Waals surface area contributed by atoms with E-state index >= 15 is 0 Å². The number of rotatable bonds is 8. The van der Waals surface area contributed by atoms with E-state index in [0.717, 1.165) is 5.56 Å². The Balaban J connectivity index is 1.52. The van der Waals surface area contributed by atoms with Gasteiger partial charge in [-0.05, 0) is 47.2 Å². The molecule has 3 N–H and O–H groups in total. The van der Waals surface area contributed by atoms with Crippen molar-refractivity contribution in [2.24, 2.45) is 0 Å². The highest BCUT2D eigenvalue weighted by molar-refractivity contribution is 7.14. The maximum Gasteiger partial charge on any atom is 0.287 e. The van der Waals surface area contributed by atoms with E-state index in [9.17, 15) is 14.4 Å². The summed E-state index contributed by atoms with van der Waals surface area (Å²) in [5.74, 6) is -0.341. The van der Waals surface area contributed by atoms with E-state index in [1.54, 1.807) is 35.7 Å². The van der Waals surface area contributed by atoms with Crippen molar-refractivity contribution in [3.63, 3.8) is 0 Å². The fourth-order valence-electron chi connectivity index (χ4n) is 2.72. The van der Waals surface area contributed by atoms with Gasteiger partial charge >= 0.3 is 0 Å². The monoisotopic (exact) mass is 425 g/mol. The average Bonchev–Trinajstić information content (AvgIpc) is 3.43. The van der Waals surface area contributed by atoms with Crippen LogP contribution in [-0.2, 0) is 0 Å². The van der Waals surface area contributed by atoms with Gasteiger partial charge in [0.25, 0.3) is 17.7 Å². The molecule has 8 heteroatoms. The molecule has 0 saturated heterocycles. The van der Waals surface area contributed by atoms with Gasteiger partial charge in [-0.2, -0.15) is 0 Å². The van der Waals surface area contributed by atoms with Gasteiger partial charge in [0, 0.05) is 18.7 Å². The van der Waals surface area contributed by atoms with Crippen LogP contribution in [0, 0.1) is 0 Å². The zero-order chi connectivity index (χ0) is 21.5. The lowest BCUT2D eigenvalue weighted by Gasteiger charge is -2.09. The second kappa shape index (κ2) is 9.89. The van der Waals surface area contributed by atoms with Gasteiger partial charge in [0.15, 0.2) is 5.76 Å². The smallest absolute Gasteiger partial charge is 0.287 e. The molecule has 0 fully saturated rings. The molecule has 3 rings (SSSR count). The summed E-state index contributed by atoms with van der Waals surface area (Å²) in [5, 5.41) is 10.4. The topological polar surface area (TPSA) is 100 Å². The predicted molar refractivity (Wildman–Crippen MR) is 116 cm³/mol. The van der Waals surface area contributed by atoms with Gasteiger partial charge in [-0.1, -0.05) is 26.0 Å². The number of hydrogen-bond donors (Lipinski definition) is 3. The van der Waals surface area contributed by atoms with Crippen LogP contribution in [0.4, 0.5) is 5.00 Å². The third-order valence-electron chi connectivity index (χ3n) is 4.42. The molecule has 0 spiro atoms. The molecule has 0 unspecified atom stereocenters. The first-order valence-electron chi connectivity index (χ1n) is 9.54. The van der Waals surface area contributed by atoms with Gasteiger partial charge in [-0.15, -0.1) is 11.3 Å². The molecule has 7 nitrogen and oxygen atoms in total. The molecule has 0 aliphatic heterocycles. The number of furan rings is 1. The fourth-order valence-corrected chi connectivity index (χ4v) is 3.50. The number of anilines is 1. The number of carbonyl (C=O) groups excluding carboxylic acids is 3. The molecule has 0 radical (unpaired) electrons. The summed E-state index contributed by atoms with van der Waals surface area (Å²) in [5.41, 5.74) is 2.06. The molecule has 3 amide bonds. The van der Waals surface area contributed by atoms with Crippen LogP contribution in [0.2, 0.25) is 0 Å². The molecule has 2 aromatic heterocycles. The normalized spacial score (nSPS) is 10.6. The second-order valence-corrected chi connectivity index (χ2v) is 7.80. The molecule has 0 aliphatic rings. The van der Waals surface area contributed by atoms with Crippen LogP contribution < -0.4 is 16.0 Å². The molecule has 30 heavy (non-hydrogen) atoms. The van der Waals surface area contributed by atoms with E-state index in [1.165, 1.54) is 17.6 Å². The molecule has 156 valence electrons. The van der Waals surface area contributed by atoms with Gasteiger partial charge in [-0.3, -0.25) is 14.4 Å². The van der Waals surface area contributed by atoms with Crippen LogP contribution in [0.5, 0.6) is 0 Å². The lowest BCUT2D eigenvalue weighted by molar-refractivity contribution is 0.0910. The van der Waals surface area contributed by atoms with Gasteiger partial charge in [-0.25, -0.2) is 0 Å². The Morgan fingerprint density at radius 1 is 0.933 bits per heavy atom. The maximum atomic E-state index is 12.5. The van der Waals surface area contributed by atoms with E-state index in [0.29, 0.717) is 22.0 Å². The summed E-state index contributed by atoms with van der Waals surface area (Å²) in [6, 6.07) is 12.3. The Morgan fingerprint density at radius 2 is 1.63 bits per heavy atom. The van der Waals surface area contributed by atoms with Crippen LogP contribution in [-0.4, -0.2) is 30.8 Å². The maximum absolute atomic E-state index is 12.5. The van der Waals surface area contributed by atoms with Crippen molar-refractivity contribution < 1.29 is 18.8 Å². The Bertz CT molecular complexity index is 1010. The lowest BCUT2D eigenvalue weighted by Crippen LogP contribution is -2.34. The first-order chi connectivity index (χ1) is 14.5. The first kappa shape index (κ1) is 21.3. The number of carbonyl (C=O) groups is 3. The van der Waals surface area contributed by atoms with Crippen molar-refractivity contribution in [1.29, 1.82) is 0 Å². The summed E-state index contributed by atoms with van der Waals surface area (Å²) in [6.07, 6.45) is 1.42. The standard InChI is InChI=1S/C22H23N3O4S/c1-14(2)15-5-7-16(8-6-15)19(26)25-22-17(9-13-30-22)20(27)23-10-11-24-21(28)18-4-3-12-29-18/h3-9,12-14H,10-11H2,1-2H3,(H,23,27)(H,24,28)(H,25,26). The van der Waals surface area contributed by atoms with Crippen molar-refractivity contribution in [1.82, 2.24) is 10.6 Å². The second-order valence-electron chi connectivity index (χ2n) is 6.88. The minimum Gasteiger partial charge on any atom is -0.459 e. The highest BCUT2D eigenvalue weighted by Crippen LogP contribution is 2.24. The van der Waals surface area contributed by atoms with Crippen molar-refractivity contribution >= 4 is 34.1 Å². The summed E-state index contributed by atoms with van der Waals surface area (Å²) < 4.78 is 5.00. The van der Waals surface area contributed by atoms with Gasteiger partial charge in [0.1, 0.15) is 5.00 Å². The zero-order valence-electron chi connectivity index (χ0n) is 16.7. The quantitative estimate of drug-likeness (QED) is 0.477. The molecule has 1 aromatic carbocycles. The minimum absolute atomic E-state index is 0.214. The number of nitrogens with one attached hydrogen (secondary N) is 3. The Hall–Kier alpha value is -3.39. The molecule has 0 atom stereocenters.